The highest BCUT2D eigenvalue weighted by Gasteiger charge is 2.25. The zero-order valence-corrected chi connectivity index (χ0v) is 10.0. The minimum Gasteiger partial charge on any atom is -0.340 e. The topological polar surface area (TPSA) is 32.3 Å². The highest BCUT2D eigenvalue weighted by atomic mass is 32.2. The van der Waals surface area contributed by atoms with Crippen molar-refractivity contribution >= 4 is 17.7 Å². The molecule has 15 heavy (non-hydrogen) atoms. The van der Waals surface area contributed by atoms with Crippen LogP contribution in [0.25, 0.3) is 0 Å². The molecule has 2 saturated heterocycles. The Balaban J connectivity index is 1.87. The second-order valence-electron chi connectivity index (χ2n) is 4.29. The Kier molecular flexibility index (Phi) is 4.32. The third kappa shape index (κ3) is 3.11. The van der Waals surface area contributed by atoms with Crippen LogP contribution < -0.4 is 5.32 Å². The second-order valence-corrected chi connectivity index (χ2v) is 5.52. The highest BCUT2D eigenvalue weighted by Crippen LogP contribution is 2.14. The maximum absolute atomic E-state index is 12.2. The van der Waals surface area contributed by atoms with Gasteiger partial charge in [-0.1, -0.05) is 6.42 Å². The average molecular weight is 228 g/mol. The van der Waals surface area contributed by atoms with Crippen LogP contribution in [0.3, 0.4) is 0 Å². The van der Waals surface area contributed by atoms with E-state index in [0.717, 1.165) is 38.2 Å². The number of piperidine rings is 1. The lowest BCUT2D eigenvalue weighted by Crippen LogP contribution is -2.49. The molecule has 0 spiro atoms. The molecule has 1 amide bonds. The normalized spacial score (nSPS) is 28.5. The van der Waals surface area contributed by atoms with Gasteiger partial charge in [0.15, 0.2) is 0 Å². The van der Waals surface area contributed by atoms with Gasteiger partial charge in [0, 0.05) is 18.8 Å². The fourth-order valence-electron chi connectivity index (χ4n) is 2.25. The van der Waals surface area contributed by atoms with Crippen LogP contribution in [-0.4, -0.2) is 48.0 Å². The number of carbonyl (C=O) groups is 1. The number of nitrogens with one attached hydrogen (secondary N) is 1. The Labute approximate surface area is 96.0 Å². The van der Waals surface area contributed by atoms with Crippen molar-refractivity contribution in [1.82, 2.24) is 10.2 Å². The fraction of sp³-hybridized carbons (Fsp3) is 0.909. The number of hydrogen-bond acceptors (Lipinski definition) is 3. The van der Waals surface area contributed by atoms with Gasteiger partial charge in [-0.05, 0) is 31.6 Å². The zero-order valence-electron chi connectivity index (χ0n) is 9.21. The Bertz CT molecular complexity index is 209. The number of nitrogens with zero attached hydrogens (tertiary/aromatic N) is 1. The molecule has 3 nitrogen and oxygen atoms in total. The van der Waals surface area contributed by atoms with Crippen molar-refractivity contribution < 1.29 is 4.79 Å². The van der Waals surface area contributed by atoms with E-state index >= 15 is 0 Å². The molecule has 2 rings (SSSR count). The van der Waals surface area contributed by atoms with E-state index in [1.165, 1.54) is 18.6 Å². The molecule has 0 unspecified atom stereocenters. The van der Waals surface area contributed by atoms with Crippen molar-refractivity contribution in [2.45, 2.75) is 31.7 Å². The lowest BCUT2D eigenvalue weighted by molar-refractivity contribution is -0.133. The van der Waals surface area contributed by atoms with Gasteiger partial charge in [0.25, 0.3) is 0 Å². The minimum absolute atomic E-state index is 0.113. The van der Waals surface area contributed by atoms with Crippen LogP contribution in [0, 0.1) is 0 Å². The first-order valence-corrected chi connectivity index (χ1v) is 7.13. The van der Waals surface area contributed by atoms with Crippen molar-refractivity contribution in [3.63, 3.8) is 0 Å². The molecule has 2 fully saturated rings. The summed E-state index contributed by atoms with van der Waals surface area (Å²) >= 11 is 1.97. The highest BCUT2D eigenvalue weighted by molar-refractivity contribution is 7.99. The zero-order chi connectivity index (χ0) is 10.5. The Morgan fingerprint density at radius 2 is 2.13 bits per heavy atom. The number of carbonyl (C=O) groups excluding carboxylic acids is 1. The first-order valence-electron chi connectivity index (χ1n) is 5.98. The summed E-state index contributed by atoms with van der Waals surface area (Å²) in [4.78, 5) is 14.2. The predicted molar refractivity (Wildman–Crippen MR) is 64.2 cm³/mol. The van der Waals surface area contributed by atoms with Crippen molar-refractivity contribution in [2.24, 2.45) is 0 Å². The van der Waals surface area contributed by atoms with Gasteiger partial charge in [0.1, 0.15) is 0 Å². The summed E-state index contributed by atoms with van der Waals surface area (Å²) in [6, 6.07) is 0.113. The molecule has 2 heterocycles. The lowest BCUT2D eigenvalue weighted by atomic mass is 10.0. The summed E-state index contributed by atoms with van der Waals surface area (Å²) in [5.74, 6) is 2.66. The summed E-state index contributed by atoms with van der Waals surface area (Å²) in [5, 5.41) is 3.34. The van der Waals surface area contributed by atoms with Crippen LogP contribution in [0.2, 0.25) is 0 Å². The number of amides is 1. The molecule has 0 aromatic carbocycles. The Morgan fingerprint density at radius 3 is 2.93 bits per heavy atom. The van der Waals surface area contributed by atoms with E-state index in [2.05, 4.69) is 10.2 Å². The van der Waals surface area contributed by atoms with Gasteiger partial charge >= 0.3 is 0 Å². The largest absolute Gasteiger partial charge is 0.340 e. The third-order valence-electron chi connectivity index (χ3n) is 3.14. The van der Waals surface area contributed by atoms with Crippen LogP contribution in [0.15, 0.2) is 0 Å². The van der Waals surface area contributed by atoms with Crippen LogP contribution in [0.4, 0.5) is 0 Å². The molecule has 86 valence electrons. The molecule has 1 atom stereocenters. The van der Waals surface area contributed by atoms with Crippen LogP contribution in [0.1, 0.15) is 25.7 Å². The number of hydrogen-bond donors (Lipinski definition) is 1. The van der Waals surface area contributed by atoms with Gasteiger partial charge in [0.2, 0.25) is 5.91 Å². The van der Waals surface area contributed by atoms with Crippen LogP contribution >= 0.6 is 11.8 Å². The van der Waals surface area contributed by atoms with Gasteiger partial charge in [-0.15, -0.1) is 0 Å². The maximum Gasteiger partial charge on any atom is 0.239 e. The molecule has 0 bridgehead atoms. The molecule has 1 N–H and O–H groups in total. The van der Waals surface area contributed by atoms with Crippen molar-refractivity contribution in [2.75, 3.05) is 31.1 Å². The van der Waals surface area contributed by atoms with E-state index in [9.17, 15) is 4.79 Å². The number of thioether (sulfide) groups is 1. The van der Waals surface area contributed by atoms with Crippen molar-refractivity contribution in [3.05, 3.63) is 0 Å². The van der Waals surface area contributed by atoms with Crippen molar-refractivity contribution in [3.8, 4) is 0 Å². The third-order valence-corrected chi connectivity index (χ3v) is 4.19. The summed E-state index contributed by atoms with van der Waals surface area (Å²) in [7, 11) is 0. The SMILES string of the molecule is O=C([C@H]1CCCCN1)N1CCCSCC1. The van der Waals surface area contributed by atoms with E-state index in [-0.39, 0.29) is 6.04 Å². The number of rotatable bonds is 1. The summed E-state index contributed by atoms with van der Waals surface area (Å²) in [6.07, 6.45) is 4.61. The molecule has 0 radical (unpaired) electrons. The summed E-state index contributed by atoms with van der Waals surface area (Å²) in [6.45, 7) is 2.92. The molecular formula is C11H20N2OS. The average Bonchev–Trinajstić information content (AvgIpc) is 2.58. The van der Waals surface area contributed by atoms with E-state index in [1.54, 1.807) is 0 Å². The van der Waals surface area contributed by atoms with Gasteiger partial charge in [0.05, 0.1) is 6.04 Å². The maximum atomic E-state index is 12.2. The Hall–Kier alpha value is -0.220. The molecule has 2 aliphatic rings. The first-order chi connectivity index (χ1) is 7.38. The van der Waals surface area contributed by atoms with Gasteiger partial charge in [-0.3, -0.25) is 4.79 Å². The first kappa shape index (κ1) is 11.3. The molecule has 2 aliphatic heterocycles. The van der Waals surface area contributed by atoms with Gasteiger partial charge < -0.3 is 10.2 Å². The monoisotopic (exact) mass is 228 g/mol. The van der Waals surface area contributed by atoms with Crippen molar-refractivity contribution in [1.29, 1.82) is 0 Å². The molecule has 0 aromatic heterocycles. The molecule has 0 aromatic rings. The van der Waals surface area contributed by atoms with Crippen LogP contribution in [0.5, 0.6) is 0 Å². The van der Waals surface area contributed by atoms with E-state index < -0.39 is 0 Å². The predicted octanol–water partition coefficient (Wildman–Crippen LogP) is 1.09. The van der Waals surface area contributed by atoms with Gasteiger partial charge in [-0.25, -0.2) is 0 Å². The lowest BCUT2D eigenvalue weighted by Gasteiger charge is -2.29. The summed E-state index contributed by atoms with van der Waals surface area (Å²) < 4.78 is 0. The van der Waals surface area contributed by atoms with Gasteiger partial charge in [-0.2, -0.15) is 11.8 Å². The second kappa shape index (κ2) is 5.75. The van der Waals surface area contributed by atoms with E-state index in [0.29, 0.717) is 5.91 Å². The molecule has 0 saturated carbocycles. The molecule has 4 heteroatoms. The minimum atomic E-state index is 0.113. The smallest absolute Gasteiger partial charge is 0.239 e. The Morgan fingerprint density at radius 1 is 1.20 bits per heavy atom. The fourth-order valence-corrected chi connectivity index (χ4v) is 3.14. The summed E-state index contributed by atoms with van der Waals surface area (Å²) in [5.41, 5.74) is 0. The quantitative estimate of drug-likeness (QED) is 0.729. The van der Waals surface area contributed by atoms with E-state index in [1.807, 2.05) is 11.8 Å². The molecule has 0 aliphatic carbocycles. The van der Waals surface area contributed by atoms with E-state index in [4.69, 9.17) is 0 Å². The van der Waals surface area contributed by atoms with Crippen LogP contribution in [-0.2, 0) is 4.79 Å². The standard InChI is InChI=1S/C11H20N2OS/c14-11(10-4-1-2-5-12-10)13-6-3-8-15-9-7-13/h10,12H,1-9H2/t10-/m1/s1. The molecular weight excluding hydrogens is 208 g/mol.